The molecule has 0 heterocycles. The number of phenolic OH excluding ortho intramolecular Hbond substituents is 1. The Morgan fingerprint density at radius 3 is 2.62 bits per heavy atom. The third-order valence-corrected chi connectivity index (χ3v) is 3.16. The highest BCUT2D eigenvalue weighted by molar-refractivity contribution is 5.98. The summed E-state index contributed by atoms with van der Waals surface area (Å²) in [5, 5.41) is 13.7. The van der Waals surface area contributed by atoms with Crippen molar-refractivity contribution in [3.8, 4) is 5.75 Å². The van der Waals surface area contributed by atoms with Crippen LogP contribution >= 0.6 is 0 Å². The van der Waals surface area contributed by atoms with Gasteiger partial charge in [-0.05, 0) is 55.7 Å². The van der Waals surface area contributed by atoms with Gasteiger partial charge in [0.1, 0.15) is 18.2 Å². The number of hydrogen-bond acceptors (Lipinski definition) is 3. The van der Waals surface area contributed by atoms with Crippen LogP contribution in [0.3, 0.4) is 0 Å². The summed E-state index contributed by atoms with van der Waals surface area (Å²) in [4.78, 5) is 5.26. The SMILES string of the molecule is C/C(=N\OCc1cc(C)cc(F)c1)c1ccc(C)c(O)c1. The molecule has 0 spiro atoms. The Kier molecular flexibility index (Phi) is 4.58. The van der Waals surface area contributed by atoms with E-state index in [0.717, 1.165) is 22.3 Å². The minimum atomic E-state index is -0.280. The number of aryl methyl sites for hydroxylation is 2. The summed E-state index contributed by atoms with van der Waals surface area (Å²) in [6.45, 7) is 5.65. The Morgan fingerprint density at radius 1 is 1.19 bits per heavy atom. The van der Waals surface area contributed by atoms with Gasteiger partial charge in [0.25, 0.3) is 0 Å². The lowest BCUT2D eigenvalue weighted by atomic mass is 10.1. The maximum atomic E-state index is 13.2. The molecule has 0 aliphatic carbocycles. The third kappa shape index (κ3) is 4.05. The van der Waals surface area contributed by atoms with E-state index in [1.807, 2.05) is 32.0 Å². The number of hydrogen-bond donors (Lipinski definition) is 1. The van der Waals surface area contributed by atoms with Crippen LogP contribution in [0, 0.1) is 19.7 Å². The van der Waals surface area contributed by atoms with Crippen LogP contribution in [0.2, 0.25) is 0 Å². The molecule has 0 aliphatic heterocycles. The van der Waals surface area contributed by atoms with E-state index in [9.17, 15) is 9.50 Å². The average molecular weight is 287 g/mol. The predicted molar refractivity (Wildman–Crippen MR) is 81.0 cm³/mol. The average Bonchev–Trinajstić information content (AvgIpc) is 2.40. The normalized spacial score (nSPS) is 11.5. The molecule has 0 saturated heterocycles. The van der Waals surface area contributed by atoms with Gasteiger partial charge in [0.05, 0.1) is 5.71 Å². The van der Waals surface area contributed by atoms with Gasteiger partial charge in [-0.2, -0.15) is 0 Å². The Hall–Kier alpha value is -2.36. The van der Waals surface area contributed by atoms with Gasteiger partial charge in [0.2, 0.25) is 0 Å². The van der Waals surface area contributed by atoms with E-state index in [2.05, 4.69) is 5.16 Å². The highest BCUT2D eigenvalue weighted by atomic mass is 19.1. The minimum absolute atomic E-state index is 0.202. The zero-order chi connectivity index (χ0) is 15.4. The Balaban J connectivity index is 2.04. The molecule has 0 aromatic heterocycles. The van der Waals surface area contributed by atoms with E-state index in [1.54, 1.807) is 13.0 Å². The van der Waals surface area contributed by atoms with Crippen molar-refractivity contribution >= 4 is 5.71 Å². The van der Waals surface area contributed by atoms with Gasteiger partial charge in [0.15, 0.2) is 0 Å². The number of aromatic hydroxyl groups is 1. The lowest BCUT2D eigenvalue weighted by Crippen LogP contribution is -1.97. The van der Waals surface area contributed by atoms with Crippen molar-refractivity contribution in [1.29, 1.82) is 0 Å². The topological polar surface area (TPSA) is 41.8 Å². The molecule has 0 saturated carbocycles. The molecule has 0 bridgehead atoms. The van der Waals surface area contributed by atoms with Crippen LogP contribution in [-0.2, 0) is 11.4 Å². The number of phenols is 1. The van der Waals surface area contributed by atoms with Gasteiger partial charge in [-0.25, -0.2) is 4.39 Å². The smallest absolute Gasteiger partial charge is 0.142 e. The second-order valence-corrected chi connectivity index (χ2v) is 5.09. The number of rotatable bonds is 4. The molecule has 3 nitrogen and oxygen atoms in total. The lowest BCUT2D eigenvalue weighted by Gasteiger charge is -2.05. The van der Waals surface area contributed by atoms with Crippen LogP contribution < -0.4 is 0 Å². The van der Waals surface area contributed by atoms with Crippen molar-refractivity contribution < 1.29 is 14.3 Å². The lowest BCUT2D eigenvalue weighted by molar-refractivity contribution is 0.130. The summed E-state index contributed by atoms with van der Waals surface area (Å²) in [7, 11) is 0. The van der Waals surface area contributed by atoms with Crippen molar-refractivity contribution in [2.75, 3.05) is 0 Å². The van der Waals surface area contributed by atoms with Gasteiger partial charge in [-0.15, -0.1) is 0 Å². The summed E-state index contributed by atoms with van der Waals surface area (Å²) in [5.74, 6) is -0.0550. The molecule has 2 rings (SSSR count). The first-order valence-electron chi connectivity index (χ1n) is 6.68. The Morgan fingerprint density at radius 2 is 1.95 bits per heavy atom. The molecule has 0 aliphatic rings. The molecule has 21 heavy (non-hydrogen) atoms. The fraction of sp³-hybridized carbons (Fsp3) is 0.235. The summed E-state index contributed by atoms with van der Waals surface area (Å²) in [6, 6.07) is 10.1. The van der Waals surface area contributed by atoms with E-state index in [0.29, 0.717) is 5.71 Å². The maximum absolute atomic E-state index is 13.2. The van der Waals surface area contributed by atoms with Gasteiger partial charge < -0.3 is 9.94 Å². The van der Waals surface area contributed by atoms with Crippen molar-refractivity contribution in [2.24, 2.45) is 5.16 Å². The van der Waals surface area contributed by atoms with Gasteiger partial charge >= 0.3 is 0 Å². The van der Waals surface area contributed by atoms with Crippen molar-refractivity contribution in [3.63, 3.8) is 0 Å². The highest BCUT2D eigenvalue weighted by Crippen LogP contribution is 2.18. The zero-order valence-electron chi connectivity index (χ0n) is 12.4. The van der Waals surface area contributed by atoms with Crippen LogP contribution in [0.5, 0.6) is 5.75 Å². The fourth-order valence-electron chi connectivity index (χ4n) is 1.99. The zero-order valence-corrected chi connectivity index (χ0v) is 12.4. The maximum Gasteiger partial charge on any atom is 0.142 e. The Bertz CT molecular complexity index is 660. The number of halogens is 1. The quantitative estimate of drug-likeness (QED) is 0.679. The molecule has 4 heteroatoms. The number of nitrogens with zero attached hydrogens (tertiary/aromatic N) is 1. The molecular weight excluding hydrogens is 269 g/mol. The number of benzene rings is 2. The predicted octanol–water partition coefficient (Wildman–Crippen LogP) is 4.09. The van der Waals surface area contributed by atoms with E-state index in [4.69, 9.17) is 4.84 Å². The van der Waals surface area contributed by atoms with Crippen LogP contribution in [0.15, 0.2) is 41.6 Å². The van der Waals surface area contributed by atoms with E-state index in [1.165, 1.54) is 12.1 Å². The molecule has 0 unspecified atom stereocenters. The van der Waals surface area contributed by atoms with Gasteiger partial charge in [-0.3, -0.25) is 0 Å². The van der Waals surface area contributed by atoms with Crippen molar-refractivity contribution in [1.82, 2.24) is 0 Å². The molecule has 0 fully saturated rings. The first-order valence-corrected chi connectivity index (χ1v) is 6.68. The molecule has 110 valence electrons. The largest absolute Gasteiger partial charge is 0.508 e. The highest BCUT2D eigenvalue weighted by Gasteiger charge is 2.03. The van der Waals surface area contributed by atoms with Crippen LogP contribution in [0.25, 0.3) is 0 Å². The summed E-state index contributed by atoms with van der Waals surface area (Å²) in [5.41, 5.74) is 3.82. The number of oxime groups is 1. The summed E-state index contributed by atoms with van der Waals surface area (Å²) < 4.78 is 13.2. The first-order chi connectivity index (χ1) is 9.95. The standard InChI is InChI=1S/C17H18FNO2/c1-11-6-14(8-16(18)7-11)10-21-19-13(3)15-5-4-12(2)17(20)9-15/h4-9,20H,10H2,1-3H3/b19-13+. The van der Waals surface area contributed by atoms with Gasteiger partial charge in [-0.1, -0.05) is 23.4 Å². The molecule has 2 aromatic rings. The second kappa shape index (κ2) is 6.39. The van der Waals surface area contributed by atoms with Crippen LogP contribution in [0.4, 0.5) is 4.39 Å². The van der Waals surface area contributed by atoms with Crippen LogP contribution in [0.1, 0.15) is 29.2 Å². The molecule has 0 amide bonds. The van der Waals surface area contributed by atoms with E-state index in [-0.39, 0.29) is 18.2 Å². The van der Waals surface area contributed by atoms with Crippen molar-refractivity contribution in [3.05, 3.63) is 64.5 Å². The molecule has 1 N–H and O–H groups in total. The summed E-state index contributed by atoms with van der Waals surface area (Å²) >= 11 is 0. The molecular formula is C17H18FNO2. The van der Waals surface area contributed by atoms with E-state index >= 15 is 0 Å². The molecule has 0 atom stereocenters. The monoisotopic (exact) mass is 287 g/mol. The van der Waals surface area contributed by atoms with E-state index < -0.39 is 0 Å². The minimum Gasteiger partial charge on any atom is -0.508 e. The Labute approximate surface area is 123 Å². The fourth-order valence-corrected chi connectivity index (χ4v) is 1.99. The molecule has 0 radical (unpaired) electrons. The molecule has 2 aromatic carbocycles. The third-order valence-electron chi connectivity index (χ3n) is 3.16. The summed E-state index contributed by atoms with van der Waals surface area (Å²) in [6.07, 6.45) is 0. The van der Waals surface area contributed by atoms with Gasteiger partial charge in [0, 0.05) is 5.56 Å². The second-order valence-electron chi connectivity index (χ2n) is 5.09. The van der Waals surface area contributed by atoms with Crippen molar-refractivity contribution in [2.45, 2.75) is 27.4 Å². The first kappa shape index (κ1) is 15.0. The van der Waals surface area contributed by atoms with Crippen LogP contribution in [-0.4, -0.2) is 10.8 Å².